The summed E-state index contributed by atoms with van der Waals surface area (Å²) in [6.45, 7) is 4.23. The average Bonchev–Trinajstić information content (AvgIpc) is 2.76. The Morgan fingerprint density at radius 2 is 2.17 bits per heavy atom. The second kappa shape index (κ2) is 5.46. The van der Waals surface area contributed by atoms with E-state index >= 15 is 0 Å². The second-order valence-electron chi connectivity index (χ2n) is 4.11. The number of nitrogens with two attached hydrogens (primary N) is 1. The number of nitrogens with one attached hydrogen (secondary N) is 1. The minimum Gasteiger partial charge on any atom is -0.389 e. The van der Waals surface area contributed by atoms with Gasteiger partial charge in [0, 0.05) is 21.5 Å². The molecule has 94 valence electrons. The van der Waals surface area contributed by atoms with Gasteiger partial charge in [-0.05, 0) is 38.1 Å². The van der Waals surface area contributed by atoms with Crippen LogP contribution in [0.1, 0.15) is 28.3 Å². The first-order valence-electron chi connectivity index (χ1n) is 5.65. The molecule has 0 saturated carbocycles. The fourth-order valence-corrected chi connectivity index (χ4v) is 2.60. The Morgan fingerprint density at radius 1 is 1.39 bits per heavy atom. The fourth-order valence-electron chi connectivity index (χ4n) is 1.60. The summed E-state index contributed by atoms with van der Waals surface area (Å²) in [6.07, 6.45) is 1.69. The molecule has 3 N–H and O–H groups in total. The number of nitrogens with zero attached hydrogens (tertiary/aromatic N) is 1. The van der Waals surface area contributed by atoms with Gasteiger partial charge in [-0.1, -0.05) is 12.2 Å². The highest BCUT2D eigenvalue weighted by molar-refractivity contribution is 7.80. The number of thiocarbonyl (C=S) groups is 1. The van der Waals surface area contributed by atoms with Gasteiger partial charge < -0.3 is 11.1 Å². The summed E-state index contributed by atoms with van der Waals surface area (Å²) in [7, 11) is 0. The minimum atomic E-state index is 0.242. The Balaban J connectivity index is 2.07. The number of aromatic nitrogens is 1. The van der Waals surface area contributed by atoms with E-state index in [-0.39, 0.29) is 6.04 Å². The molecule has 2 rings (SSSR count). The van der Waals surface area contributed by atoms with E-state index in [9.17, 15) is 0 Å². The molecule has 0 aromatic carbocycles. The molecule has 18 heavy (non-hydrogen) atoms. The monoisotopic (exact) mass is 277 g/mol. The summed E-state index contributed by atoms with van der Waals surface area (Å²) < 4.78 is 0. The zero-order chi connectivity index (χ0) is 13.1. The number of hydrogen-bond donors (Lipinski definition) is 2. The molecule has 2 heterocycles. The minimum absolute atomic E-state index is 0.242. The fraction of sp³-hybridized carbons (Fsp3) is 0.231. The van der Waals surface area contributed by atoms with Gasteiger partial charge >= 0.3 is 0 Å². The molecule has 2 aromatic rings. The molecular weight excluding hydrogens is 262 g/mol. The summed E-state index contributed by atoms with van der Waals surface area (Å²) in [5, 5.41) is 3.35. The lowest BCUT2D eigenvalue weighted by atomic mass is 10.2. The average molecular weight is 277 g/mol. The molecule has 0 amide bonds. The summed E-state index contributed by atoms with van der Waals surface area (Å²) in [6, 6.07) is 8.28. The molecule has 0 bridgehead atoms. The lowest BCUT2D eigenvalue weighted by Gasteiger charge is -2.12. The van der Waals surface area contributed by atoms with E-state index in [1.807, 2.05) is 12.1 Å². The molecule has 2 aromatic heterocycles. The van der Waals surface area contributed by atoms with Crippen LogP contribution in [-0.2, 0) is 0 Å². The summed E-state index contributed by atoms with van der Waals surface area (Å²) in [4.78, 5) is 7.28. The first-order valence-corrected chi connectivity index (χ1v) is 6.87. The molecule has 0 saturated heterocycles. The maximum absolute atomic E-state index is 5.53. The summed E-state index contributed by atoms with van der Waals surface area (Å²) >= 11 is 6.68. The third kappa shape index (κ3) is 3.05. The van der Waals surface area contributed by atoms with E-state index in [4.69, 9.17) is 18.0 Å². The van der Waals surface area contributed by atoms with Crippen molar-refractivity contribution in [1.82, 2.24) is 4.98 Å². The van der Waals surface area contributed by atoms with Crippen LogP contribution in [0.5, 0.6) is 0 Å². The van der Waals surface area contributed by atoms with Crippen LogP contribution in [0.4, 0.5) is 5.82 Å². The highest BCUT2D eigenvalue weighted by Crippen LogP contribution is 2.25. The SMILES string of the molecule is Cc1ccc(C(C)Nc2ccc(C(N)=S)cn2)s1. The van der Waals surface area contributed by atoms with E-state index in [1.54, 1.807) is 17.5 Å². The van der Waals surface area contributed by atoms with Crippen LogP contribution in [0.3, 0.4) is 0 Å². The molecule has 0 spiro atoms. The maximum atomic E-state index is 5.53. The lowest BCUT2D eigenvalue weighted by molar-refractivity contribution is 0.896. The van der Waals surface area contributed by atoms with Gasteiger partial charge in [-0.2, -0.15) is 0 Å². The Morgan fingerprint density at radius 3 is 2.67 bits per heavy atom. The van der Waals surface area contributed by atoms with Gasteiger partial charge in [-0.25, -0.2) is 4.98 Å². The predicted molar refractivity (Wildman–Crippen MR) is 81.2 cm³/mol. The Labute approximate surface area is 116 Å². The molecular formula is C13H15N3S2. The van der Waals surface area contributed by atoms with Gasteiger partial charge in [0.2, 0.25) is 0 Å². The molecule has 1 unspecified atom stereocenters. The topological polar surface area (TPSA) is 50.9 Å². The van der Waals surface area contributed by atoms with Crippen LogP contribution in [0, 0.1) is 6.92 Å². The van der Waals surface area contributed by atoms with E-state index < -0.39 is 0 Å². The summed E-state index contributed by atoms with van der Waals surface area (Å²) in [5.74, 6) is 0.827. The van der Waals surface area contributed by atoms with Crippen molar-refractivity contribution in [3.05, 3.63) is 45.8 Å². The second-order valence-corrected chi connectivity index (χ2v) is 5.87. The van der Waals surface area contributed by atoms with Crippen molar-refractivity contribution in [2.24, 2.45) is 5.73 Å². The zero-order valence-electron chi connectivity index (χ0n) is 10.3. The molecule has 3 nitrogen and oxygen atoms in total. The molecule has 0 radical (unpaired) electrons. The van der Waals surface area contributed by atoms with Crippen molar-refractivity contribution in [3.8, 4) is 0 Å². The quantitative estimate of drug-likeness (QED) is 0.842. The molecule has 1 atom stereocenters. The zero-order valence-corrected chi connectivity index (χ0v) is 11.9. The van der Waals surface area contributed by atoms with Gasteiger partial charge in [0.1, 0.15) is 10.8 Å². The first kappa shape index (κ1) is 13.0. The van der Waals surface area contributed by atoms with E-state index in [2.05, 4.69) is 36.3 Å². The van der Waals surface area contributed by atoms with Gasteiger partial charge in [0.15, 0.2) is 0 Å². The standard InChI is InChI=1S/C13H15N3S2/c1-8-3-5-11(18-8)9(2)16-12-6-4-10(7-15-12)13(14)17/h3-7,9H,1-2H3,(H2,14,17)(H,15,16). The van der Waals surface area contributed by atoms with Crippen molar-refractivity contribution >= 4 is 34.4 Å². The number of hydrogen-bond acceptors (Lipinski definition) is 4. The largest absolute Gasteiger partial charge is 0.389 e. The number of pyridine rings is 1. The van der Waals surface area contributed by atoms with Gasteiger partial charge in [-0.15, -0.1) is 11.3 Å². The molecule has 0 aliphatic rings. The van der Waals surface area contributed by atoms with Crippen molar-refractivity contribution in [2.75, 3.05) is 5.32 Å². The Hall–Kier alpha value is -1.46. The third-order valence-corrected chi connectivity index (χ3v) is 4.02. The molecule has 0 aliphatic carbocycles. The van der Waals surface area contributed by atoms with Crippen LogP contribution >= 0.6 is 23.6 Å². The molecule has 0 aliphatic heterocycles. The summed E-state index contributed by atoms with van der Waals surface area (Å²) in [5.41, 5.74) is 6.32. The van der Waals surface area contributed by atoms with Crippen LogP contribution in [0.25, 0.3) is 0 Å². The van der Waals surface area contributed by atoms with Crippen molar-refractivity contribution in [3.63, 3.8) is 0 Å². The highest BCUT2D eigenvalue weighted by Gasteiger charge is 2.08. The first-order chi connectivity index (χ1) is 8.56. The number of rotatable bonds is 4. The number of aryl methyl sites for hydroxylation is 1. The Kier molecular flexibility index (Phi) is 3.93. The lowest BCUT2D eigenvalue weighted by Crippen LogP contribution is -2.11. The van der Waals surface area contributed by atoms with Gasteiger partial charge in [0.25, 0.3) is 0 Å². The van der Waals surface area contributed by atoms with Crippen molar-refractivity contribution in [1.29, 1.82) is 0 Å². The smallest absolute Gasteiger partial charge is 0.126 e. The van der Waals surface area contributed by atoms with Gasteiger partial charge in [0.05, 0.1) is 6.04 Å². The van der Waals surface area contributed by atoms with Crippen LogP contribution in [-0.4, -0.2) is 9.97 Å². The number of anilines is 1. The maximum Gasteiger partial charge on any atom is 0.126 e. The highest BCUT2D eigenvalue weighted by atomic mass is 32.1. The van der Waals surface area contributed by atoms with Crippen LogP contribution in [0.15, 0.2) is 30.5 Å². The van der Waals surface area contributed by atoms with E-state index in [0.717, 1.165) is 11.4 Å². The van der Waals surface area contributed by atoms with Crippen molar-refractivity contribution in [2.45, 2.75) is 19.9 Å². The van der Waals surface area contributed by atoms with Gasteiger partial charge in [-0.3, -0.25) is 0 Å². The van der Waals surface area contributed by atoms with Crippen molar-refractivity contribution < 1.29 is 0 Å². The van der Waals surface area contributed by atoms with E-state index in [0.29, 0.717) is 4.99 Å². The van der Waals surface area contributed by atoms with Crippen LogP contribution in [0.2, 0.25) is 0 Å². The molecule has 5 heteroatoms. The Bertz CT molecular complexity index is 546. The normalized spacial score (nSPS) is 12.1. The molecule has 0 fully saturated rings. The predicted octanol–water partition coefficient (Wildman–Crippen LogP) is 3.26. The van der Waals surface area contributed by atoms with E-state index in [1.165, 1.54) is 9.75 Å². The number of thiophene rings is 1. The van der Waals surface area contributed by atoms with Crippen LogP contribution < -0.4 is 11.1 Å². The third-order valence-electron chi connectivity index (χ3n) is 2.60.